The van der Waals surface area contributed by atoms with Gasteiger partial charge in [-0.3, -0.25) is 0 Å². The van der Waals surface area contributed by atoms with Gasteiger partial charge in [-0.25, -0.2) is 0 Å². The minimum Gasteiger partial charge on any atom is -0.310 e. The van der Waals surface area contributed by atoms with Crippen molar-refractivity contribution < 1.29 is 0 Å². The third kappa shape index (κ3) is 4.55. The molecule has 0 radical (unpaired) electrons. The van der Waals surface area contributed by atoms with E-state index in [0.29, 0.717) is 0 Å². The highest BCUT2D eigenvalue weighted by molar-refractivity contribution is 6.09. The Bertz CT molecular complexity index is 2990. The molecule has 0 aliphatic heterocycles. The van der Waals surface area contributed by atoms with Gasteiger partial charge in [0.2, 0.25) is 0 Å². The van der Waals surface area contributed by atoms with Crippen LogP contribution in [0, 0.1) is 23.7 Å². The summed E-state index contributed by atoms with van der Waals surface area (Å²) in [6.07, 6.45) is 7.00. The fraction of sp³-hybridized carbons (Fsp3) is 0.179. The molecule has 0 atom stereocenters. The van der Waals surface area contributed by atoms with E-state index < -0.39 is 0 Å². The SMILES string of the molecule is c1ccc2c(c1)-c1ccc(N(c3ccc(-c4cccc5ccccc45)cc3)c3ccc(-n4c5ccccc5c5ccccc54)cc3)cc1C21C2CC3CC(C2)CC1C3. The second kappa shape index (κ2) is 12.3. The lowest BCUT2D eigenvalue weighted by Gasteiger charge is -2.61. The van der Waals surface area contributed by atoms with Gasteiger partial charge in [-0.15, -0.1) is 0 Å². The van der Waals surface area contributed by atoms with Crippen molar-refractivity contribution in [3.05, 3.63) is 193 Å². The first-order chi connectivity index (χ1) is 28.7. The first-order valence-corrected chi connectivity index (χ1v) is 21.4. The van der Waals surface area contributed by atoms with E-state index in [9.17, 15) is 0 Å². The molecule has 278 valence electrons. The number of benzene rings is 8. The first-order valence-electron chi connectivity index (χ1n) is 21.4. The summed E-state index contributed by atoms with van der Waals surface area (Å²) in [5.74, 6) is 3.27. The Morgan fingerprint density at radius 1 is 0.414 bits per heavy atom. The van der Waals surface area contributed by atoms with Gasteiger partial charge in [-0.2, -0.15) is 0 Å². The van der Waals surface area contributed by atoms with Gasteiger partial charge >= 0.3 is 0 Å². The number of aromatic nitrogens is 1. The van der Waals surface area contributed by atoms with Crippen molar-refractivity contribution >= 4 is 49.6 Å². The summed E-state index contributed by atoms with van der Waals surface area (Å²) < 4.78 is 2.42. The van der Waals surface area contributed by atoms with Crippen LogP contribution in [0.25, 0.3) is 60.5 Å². The molecule has 5 aliphatic rings. The quantitative estimate of drug-likeness (QED) is 0.170. The van der Waals surface area contributed by atoms with E-state index in [1.807, 2.05) is 0 Å². The van der Waals surface area contributed by atoms with Crippen molar-refractivity contribution in [2.45, 2.75) is 37.5 Å². The third-order valence-electron chi connectivity index (χ3n) is 15.0. The van der Waals surface area contributed by atoms with Crippen LogP contribution in [-0.2, 0) is 5.41 Å². The summed E-state index contributed by atoms with van der Waals surface area (Å²) in [5.41, 5.74) is 15.9. The molecule has 0 saturated heterocycles. The van der Waals surface area contributed by atoms with Crippen LogP contribution >= 0.6 is 0 Å². The topological polar surface area (TPSA) is 8.17 Å². The fourth-order valence-electron chi connectivity index (χ4n) is 12.9. The van der Waals surface area contributed by atoms with Gasteiger partial charge in [0.25, 0.3) is 0 Å². The summed E-state index contributed by atoms with van der Waals surface area (Å²) in [5, 5.41) is 5.13. The zero-order valence-electron chi connectivity index (χ0n) is 32.6. The lowest BCUT2D eigenvalue weighted by molar-refractivity contribution is -0.0399. The highest BCUT2D eigenvalue weighted by Crippen LogP contribution is 2.69. The molecule has 4 fully saturated rings. The molecule has 4 bridgehead atoms. The Hall–Kier alpha value is -6.38. The summed E-state index contributed by atoms with van der Waals surface area (Å²) in [6, 6.07) is 68.5. The van der Waals surface area contributed by atoms with Gasteiger partial charge in [0.05, 0.1) is 11.0 Å². The molecule has 0 amide bonds. The van der Waals surface area contributed by atoms with Crippen LogP contribution in [0.1, 0.15) is 43.2 Å². The van der Waals surface area contributed by atoms with Crippen LogP contribution in [0.4, 0.5) is 17.1 Å². The van der Waals surface area contributed by atoms with Crippen molar-refractivity contribution in [2.75, 3.05) is 4.90 Å². The van der Waals surface area contributed by atoms with Crippen LogP contribution in [-0.4, -0.2) is 4.57 Å². The predicted molar refractivity (Wildman–Crippen MR) is 242 cm³/mol. The molecular weight excluding hydrogens is 701 g/mol. The molecule has 9 aromatic rings. The maximum Gasteiger partial charge on any atom is 0.0541 e. The molecule has 1 spiro atoms. The van der Waals surface area contributed by atoms with Crippen LogP contribution in [0.15, 0.2) is 182 Å². The van der Waals surface area contributed by atoms with Gasteiger partial charge in [-0.1, -0.05) is 121 Å². The number of hydrogen-bond acceptors (Lipinski definition) is 1. The Morgan fingerprint density at radius 2 is 0.948 bits per heavy atom. The fourth-order valence-corrected chi connectivity index (χ4v) is 12.9. The Kier molecular flexibility index (Phi) is 6.94. The van der Waals surface area contributed by atoms with Crippen molar-refractivity contribution in [2.24, 2.45) is 23.7 Å². The van der Waals surface area contributed by atoms with Crippen molar-refractivity contribution in [3.63, 3.8) is 0 Å². The number of anilines is 3. The van der Waals surface area contributed by atoms with Crippen LogP contribution < -0.4 is 4.90 Å². The molecule has 5 aliphatic carbocycles. The molecule has 8 aromatic carbocycles. The van der Waals surface area contributed by atoms with Gasteiger partial charge in [-0.05, 0) is 161 Å². The number of nitrogens with zero attached hydrogens (tertiary/aromatic N) is 2. The van der Waals surface area contributed by atoms with Crippen LogP contribution in [0.5, 0.6) is 0 Å². The van der Waals surface area contributed by atoms with Gasteiger partial charge in [0.15, 0.2) is 0 Å². The molecule has 1 heterocycles. The van der Waals surface area contributed by atoms with E-state index in [-0.39, 0.29) is 5.41 Å². The summed E-state index contributed by atoms with van der Waals surface area (Å²) in [4.78, 5) is 2.51. The highest BCUT2D eigenvalue weighted by atomic mass is 15.1. The van der Waals surface area contributed by atoms with E-state index in [2.05, 4.69) is 191 Å². The lowest BCUT2D eigenvalue weighted by atomic mass is 9.43. The Labute approximate surface area is 340 Å². The second-order valence-electron chi connectivity index (χ2n) is 17.7. The van der Waals surface area contributed by atoms with Gasteiger partial charge in [0, 0.05) is 38.9 Å². The molecule has 0 unspecified atom stereocenters. The number of hydrogen-bond donors (Lipinski definition) is 0. The van der Waals surface area contributed by atoms with Crippen LogP contribution in [0.3, 0.4) is 0 Å². The molecule has 4 saturated carbocycles. The summed E-state index contributed by atoms with van der Waals surface area (Å²) >= 11 is 0. The maximum atomic E-state index is 2.62. The number of rotatable bonds is 5. The van der Waals surface area contributed by atoms with E-state index in [0.717, 1.165) is 29.4 Å². The normalized spacial score (nSPS) is 22.6. The molecular formula is C56H44N2. The van der Waals surface area contributed by atoms with E-state index >= 15 is 0 Å². The zero-order chi connectivity index (χ0) is 38.0. The summed E-state index contributed by atoms with van der Waals surface area (Å²) in [6.45, 7) is 0. The molecule has 2 nitrogen and oxygen atoms in total. The average Bonchev–Trinajstić information content (AvgIpc) is 3.76. The molecule has 14 rings (SSSR count). The average molecular weight is 745 g/mol. The number of fused-ring (bicyclic) bond motifs is 7. The van der Waals surface area contributed by atoms with Crippen molar-refractivity contribution in [3.8, 4) is 27.9 Å². The monoisotopic (exact) mass is 744 g/mol. The Balaban J connectivity index is 0.978. The number of para-hydroxylation sites is 2. The molecule has 1 aromatic heterocycles. The minimum atomic E-state index is 0.111. The smallest absolute Gasteiger partial charge is 0.0541 e. The van der Waals surface area contributed by atoms with Crippen molar-refractivity contribution in [1.29, 1.82) is 0 Å². The third-order valence-corrected chi connectivity index (χ3v) is 15.0. The molecule has 58 heavy (non-hydrogen) atoms. The largest absolute Gasteiger partial charge is 0.310 e. The first kappa shape index (κ1) is 32.7. The van der Waals surface area contributed by atoms with Gasteiger partial charge < -0.3 is 9.47 Å². The van der Waals surface area contributed by atoms with Crippen molar-refractivity contribution in [1.82, 2.24) is 4.57 Å². The van der Waals surface area contributed by atoms with E-state index in [1.165, 1.54) is 104 Å². The maximum absolute atomic E-state index is 2.62. The highest BCUT2D eigenvalue weighted by Gasteiger charge is 2.61. The van der Waals surface area contributed by atoms with E-state index in [1.54, 1.807) is 11.1 Å². The van der Waals surface area contributed by atoms with Gasteiger partial charge in [0.1, 0.15) is 0 Å². The second-order valence-corrected chi connectivity index (χ2v) is 17.7. The standard InChI is InChI=1S/C56H44N2/c1-2-12-46-38(10-1)11-9-16-47(46)39-20-22-42(23-21-39)57(43-24-26-44(27-25-43)58-54-18-7-4-14-50(54)51-15-5-8-19-55(51)58)45-28-29-49-48-13-3-6-17-52(48)56(53(49)35-45)40-31-36-30-37(33-40)34-41(56)32-36/h1-29,35-37,40-41H,30-34H2. The van der Waals surface area contributed by atoms with Crippen LogP contribution in [0.2, 0.25) is 0 Å². The minimum absolute atomic E-state index is 0.111. The van der Waals surface area contributed by atoms with E-state index in [4.69, 9.17) is 0 Å². The lowest BCUT2D eigenvalue weighted by Crippen LogP contribution is -2.55. The summed E-state index contributed by atoms with van der Waals surface area (Å²) in [7, 11) is 0. The zero-order valence-corrected chi connectivity index (χ0v) is 32.6. The predicted octanol–water partition coefficient (Wildman–Crippen LogP) is 14.8. The molecule has 2 heteroatoms. The molecule has 0 N–H and O–H groups in total. The Morgan fingerprint density at radius 3 is 1.66 bits per heavy atom.